The molecular formula is C55H60N16O3. The Morgan fingerprint density at radius 3 is 2.23 bits per heavy atom. The van der Waals surface area contributed by atoms with Gasteiger partial charge in [0.2, 0.25) is 11.6 Å². The van der Waals surface area contributed by atoms with E-state index in [4.69, 9.17) is 26.2 Å². The topological polar surface area (TPSA) is 224 Å². The standard InChI is InChI=1S/C55H60N16O3/c1-35-16-22-67(25-26-69(35)51-15-20-59-50(61-51)18-24-70-38-12-13-39(70)34-74-33-38)45-28-44(63-64-53(45)56)42-9-5-7-36(52(42)73)31-66(2)21-6-11-49-58-19-14-48(60-49)55-29-37-17-23-68(32-40(30-55)71(37)55)46-27-43(62-65-54(46)57)41-8-3-4-10-47(41)72/h3-5,7-10,14-15,19-20,27-28,35,37-40,72-73H,12-13,16-17,21-23,25-26,29-34H2,1-2H3,(H2,56,64)(H2,57,65)/t35?,37-,38?,39?,40-,55?/m0/s1. The molecule has 12 rings (SSSR count). The molecule has 6 N–H and O–H groups in total. The molecule has 6 aromatic rings. The van der Waals surface area contributed by atoms with Gasteiger partial charge in [-0.25, -0.2) is 19.9 Å². The number of aromatic hydroxyl groups is 2. The van der Waals surface area contributed by atoms with Crippen LogP contribution in [0.3, 0.4) is 0 Å². The Balaban J connectivity index is 0.674. The summed E-state index contributed by atoms with van der Waals surface area (Å²) in [7, 11) is 1.97. The lowest BCUT2D eigenvalue weighted by Gasteiger charge is -2.69. The fraction of sp³-hybridized carbons (Fsp3) is 0.418. The fourth-order valence-electron chi connectivity index (χ4n) is 12.2. The van der Waals surface area contributed by atoms with E-state index in [1.165, 1.54) is 0 Å². The third-order valence-electron chi connectivity index (χ3n) is 16.0. The summed E-state index contributed by atoms with van der Waals surface area (Å²) in [5, 5.41) is 39.6. The molecule has 6 saturated heterocycles. The second-order valence-corrected chi connectivity index (χ2v) is 20.6. The number of anilines is 5. The first-order chi connectivity index (χ1) is 36.1. The third-order valence-corrected chi connectivity index (χ3v) is 16.0. The molecule has 0 saturated carbocycles. The average molecular weight is 993 g/mol. The number of nitrogens with zero attached hydrogens (tertiary/aromatic N) is 14. The molecule has 378 valence electrons. The van der Waals surface area contributed by atoms with Crippen molar-refractivity contribution in [3.8, 4) is 57.8 Å². The lowest BCUT2D eigenvalue weighted by atomic mass is 9.62. The van der Waals surface area contributed by atoms with Crippen molar-refractivity contribution >= 4 is 28.8 Å². The number of rotatable bonds is 9. The summed E-state index contributed by atoms with van der Waals surface area (Å²) in [6.45, 7) is 8.34. The Hall–Kier alpha value is -7.84. The number of para-hydroxylation sites is 2. The van der Waals surface area contributed by atoms with Crippen LogP contribution in [0.2, 0.25) is 0 Å². The van der Waals surface area contributed by atoms with Crippen LogP contribution in [0.1, 0.15) is 68.4 Å². The van der Waals surface area contributed by atoms with Gasteiger partial charge in [-0.3, -0.25) is 9.80 Å². The van der Waals surface area contributed by atoms with Crippen molar-refractivity contribution in [2.24, 2.45) is 0 Å². The van der Waals surface area contributed by atoms with Crippen molar-refractivity contribution in [2.75, 3.05) is 85.7 Å². The lowest BCUT2D eigenvalue weighted by Crippen LogP contribution is -2.77. The van der Waals surface area contributed by atoms with E-state index in [0.717, 1.165) is 99.8 Å². The maximum atomic E-state index is 11.7. The van der Waals surface area contributed by atoms with Crippen molar-refractivity contribution in [1.29, 1.82) is 0 Å². The summed E-state index contributed by atoms with van der Waals surface area (Å²) in [5.41, 5.74) is 18.5. The van der Waals surface area contributed by atoms with E-state index in [2.05, 4.69) is 85.6 Å². The van der Waals surface area contributed by atoms with Gasteiger partial charge in [0.1, 0.15) is 17.3 Å². The van der Waals surface area contributed by atoms with Crippen molar-refractivity contribution < 1.29 is 14.9 Å². The molecule has 4 unspecified atom stereocenters. The molecule has 19 heteroatoms. The molecule has 6 aliphatic rings. The third kappa shape index (κ3) is 8.84. The van der Waals surface area contributed by atoms with E-state index in [1.54, 1.807) is 18.3 Å². The largest absolute Gasteiger partial charge is 0.507 e. The molecule has 0 amide bonds. The zero-order chi connectivity index (χ0) is 50.5. The molecule has 6 atom stereocenters. The van der Waals surface area contributed by atoms with Gasteiger partial charge in [0.15, 0.2) is 11.6 Å². The molecule has 0 aliphatic carbocycles. The van der Waals surface area contributed by atoms with Crippen LogP contribution < -0.4 is 26.2 Å². The van der Waals surface area contributed by atoms with Crippen LogP contribution in [0.4, 0.5) is 28.8 Å². The number of phenolic OH excluding ortho intramolecular Hbond substituents is 2. The van der Waals surface area contributed by atoms with Gasteiger partial charge in [-0.05, 0) is 107 Å². The van der Waals surface area contributed by atoms with Crippen LogP contribution in [0.15, 0.2) is 79.1 Å². The predicted molar refractivity (Wildman–Crippen MR) is 282 cm³/mol. The molecule has 6 fully saturated rings. The summed E-state index contributed by atoms with van der Waals surface area (Å²) in [4.78, 5) is 32.7. The SMILES string of the molecule is CC1CCN(c2cc(-c3cccc(CN(C)CC#Cc4nccc(C56C[C@H]7CN(c8cc(-c9ccccc9O)nnc8N)CC[C@@H](C5)N76)n4)c3O)nnc2N)CCN1c1ccnc(C#CN2C3CCC2COC3)n1. The van der Waals surface area contributed by atoms with Crippen LogP contribution in [0, 0.1) is 23.8 Å². The molecule has 0 spiro atoms. The molecule has 19 nitrogen and oxygen atoms in total. The highest BCUT2D eigenvalue weighted by atomic mass is 16.5. The maximum Gasteiger partial charge on any atom is 0.208 e. The first-order valence-corrected chi connectivity index (χ1v) is 25.7. The number of hydrogen-bond donors (Lipinski definition) is 4. The minimum absolute atomic E-state index is 0.127. The number of benzene rings is 2. The molecular weight excluding hydrogens is 933 g/mol. The molecule has 74 heavy (non-hydrogen) atoms. The summed E-state index contributed by atoms with van der Waals surface area (Å²) in [5.74, 6) is 12.6. The highest BCUT2D eigenvalue weighted by Gasteiger charge is 2.65. The number of morpholine rings is 1. The maximum absolute atomic E-state index is 11.7. The van der Waals surface area contributed by atoms with E-state index in [1.807, 2.05) is 72.7 Å². The van der Waals surface area contributed by atoms with Crippen molar-refractivity contribution in [2.45, 2.75) is 87.7 Å². The van der Waals surface area contributed by atoms with E-state index >= 15 is 0 Å². The fourth-order valence-corrected chi connectivity index (χ4v) is 12.2. The van der Waals surface area contributed by atoms with Gasteiger partial charge >= 0.3 is 0 Å². The normalized spacial score (nSPS) is 24.1. The summed E-state index contributed by atoms with van der Waals surface area (Å²) in [6.07, 6.45) is 9.68. The van der Waals surface area contributed by atoms with E-state index < -0.39 is 0 Å². The van der Waals surface area contributed by atoms with Gasteiger partial charge in [0.25, 0.3) is 0 Å². The first-order valence-electron chi connectivity index (χ1n) is 25.7. The summed E-state index contributed by atoms with van der Waals surface area (Å²) in [6, 6.07) is 25.7. The first kappa shape index (κ1) is 47.2. The molecule has 2 bridgehead atoms. The van der Waals surface area contributed by atoms with Crippen LogP contribution in [0.25, 0.3) is 22.5 Å². The van der Waals surface area contributed by atoms with E-state index in [0.29, 0.717) is 96.1 Å². The second-order valence-electron chi connectivity index (χ2n) is 20.6. The molecule has 0 radical (unpaired) electrons. The van der Waals surface area contributed by atoms with Gasteiger partial charge in [0, 0.05) is 92.5 Å². The van der Waals surface area contributed by atoms with Gasteiger partial charge in [-0.15, -0.1) is 20.4 Å². The van der Waals surface area contributed by atoms with Crippen LogP contribution >= 0.6 is 0 Å². The zero-order valence-corrected chi connectivity index (χ0v) is 41.7. The highest BCUT2D eigenvalue weighted by molar-refractivity contribution is 5.76. The Labute approximate surface area is 430 Å². The highest BCUT2D eigenvalue weighted by Crippen LogP contribution is 2.59. The van der Waals surface area contributed by atoms with E-state index in [-0.39, 0.29) is 23.1 Å². The summed E-state index contributed by atoms with van der Waals surface area (Å²) >= 11 is 0. The predicted octanol–water partition coefficient (Wildman–Crippen LogP) is 4.47. The Morgan fingerprint density at radius 1 is 0.730 bits per heavy atom. The second kappa shape index (κ2) is 19.5. The van der Waals surface area contributed by atoms with E-state index in [9.17, 15) is 10.2 Å². The summed E-state index contributed by atoms with van der Waals surface area (Å²) < 4.78 is 5.73. The molecule has 10 heterocycles. The number of piperidine rings is 1. The quantitative estimate of drug-likeness (QED) is 0.147. The van der Waals surface area contributed by atoms with Crippen LogP contribution in [-0.2, 0) is 16.8 Å². The van der Waals surface area contributed by atoms with Crippen molar-refractivity contribution in [1.82, 2.24) is 55.0 Å². The van der Waals surface area contributed by atoms with Gasteiger partial charge in [-0.1, -0.05) is 30.2 Å². The number of ether oxygens (including phenoxy) is 1. The monoisotopic (exact) mass is 993 g/mol. The van der Waals surface area contributed by atoms with Crippen molar-refractivity contribution in [3.63, 3.8) is 0 Å². The van der Waals surface area contributed by atoms with Gasteiger partial charge in [0.05, 0.1) is 65.8 Å². The molecule has 2 aromatic carbocycles. The Bertz CT molecular complexity index is 3210. The number of nitrogens with two attached hydrogens (primary N) is 2. The Morgan fingerprint density at radius 2 is 1.43 bits per heavy atom. The molecule has 6 aliphatic heterocycles. The lowest BCUT2D eigenvalue weighted by molar-refractivity contribution is -0.201. The van der Waals surface area contributed by atoms with Gasteiger partial charge in [-0.2, -0.15) is 0 Å². The average Bonchev–Trinajstić information content (AvgIpc) is 3.58. The minimum Gasteiger partial charge on any atom is -0.507 e. The zero-order valence-electron chi connectivity index (χ0n) is 41.7. The number of aromatic nitrogens is 8. The number of nitrogen functional groups attached to an aromatic ring is 2. The smallest absolute Gasteiger partial charge is 0.208 e. The Kier molecular flexibility index (Phi) is 12.5. The minimum atomic E-state index is -0.127. The van der Waals surface area contributed by atoms with Crippen molar-refractivity contribution in [3.05, 3.63) is 102 Å². The van der Waals surface area contributed by atoms with Crippen LogP contribution in [-0.4, -0.2) is 155 Å². The number of fused-ring (bicyclic) bond motifs is 2. The molecule has 4 aromatic heterocycles. The van der Waals surface area contributed by atoms with Gasteiger partial charge < -0.3 is 46.0 Å². The number of phenols is 2. The number of hydrogen-bond acceptors (Lipinski definition) is 19. The van der Waals surface area contributed by atoms with Crippen LogP contribution in [0.5, 0.6) is 11.5 Å².